The highest BCUT2D eigenvalue weighted by Crippen LogP contribution is 2.13. The van der Waals surface area contributed by atoms with Crippen LogP contribution in [0.2, 0.25) is 0 Å². The molecule has 1 N–H and O–H groups in total. The lowest BCUT2D eigenvalue weighted by Gasteiger charge is -2.12. The lowest BCUT2D eigenvalue weighted by atomic mass is 10.1. The first kappa shape index (κ1) is 21.0. The van der Waals surface area contributed by atoms with Crippen LogP contribution in [0.4, 0.5) is 0 Å². The van der Waals surface area contributed by atoms with Crippen LogP contribution in [-0.2, 0) is 16.0 Å². The van der Waals surface area contributed by atoms with Gasteiger partial charge in [-0.1, -0.05) is 18.2 Å². The van der Waals surface area contributed by atoms with Crippen molar-refractivity contribution < 1.29 is 23.9 Å². The number of benzene rings is 2. The van der Waals surface area contributed by atoms with Gasteiger partial charge < -0.3 is 19.7 Å². The Bertz CT molecular complexity index is 831. The summed E-state index contributed by atoms with van der Waals surface area (Å²) in [5, 5.41) is 2.85. The van der Waals surface area contributed by atoms with E-state index in [9.17, 15) is 14.4 Å². The van der Waals surface area contributed by atoms with Gasteiger partial charge in [-0.2, -0.15) is 0 Å². The Hall–Kier alpha value is -3.35. The van der Waals surface area contributed by atoms with Crippen LogP contribution in [0.1, 0.15) is 26.3 Å². The third-order valence-corrected chi connectivity index (χ3v) is 4.03. The maximum Gasteiger partial charge on any atom is 0.337 e. The zero-order chi connectivity index (χ0) is 20.5. The molecule has 0 fully saturated rings. The molecule has 2 amide bonds. The molecule has 2 rings (SSSR count). The quantitative estimate of drug-likeness (QED) is 0.703. The minimum atomic E-state index is -0.380. The van der Waals surface area contributed by atoms with Gasteiger partial charge in [0.05, 0.1) is 12.7 Å². The predicted molar refractivity (Wildman–Crippen MR) is 104 cm³/mol. The highest BCUT2D eigenvalue weighted by molar-refractivity contribution is 5.94. The number of rotatable bonds is 8. The highest BCUT2D eigenvalue weighted by Gasteiger charge is 2.09. The maximum absolute atomic E-state index is 12.3. The first-order valence-corrected chi connectivity index (χ1v) is 8.79. The topological polar surface area (TPSA) is 84.9 Å². The van der Waals surface area contributed by atoms with Crippen LogP contribution < -0.4 is 10.1 Å². The third kappa shape index (κ3) is 6.12. The summed E-state index contributed by atoms with van der Waals surface area (Å²) in [6.07, 6.45) is 0.626. The number of ether oxygens (including phenoxy) is 2. The minimum Gasteiger partial charge on any atom is -0.484 e. The molecular weight excluding hydrogens is 360 g/mol. The van der Waals surface area contributed by atoms with Crippen molar-refractivity contribution >= 4 is 17.8 Å². The molecule has 2 aromatic carbocycles. The zero-order valence-electron chi connectivity index (χ0n) is 16.2. The number of likely N-dealkylation sites (N-methyl/N-ethyl adjacent to an activating group) is 1. The lowest BCUT2D eigenvalue weighted by molar-refractivity contribution is -0.130. The smallest absolute Gasteiger partial charge is 0.337 e. The number of hydrogen-bond donors (Lipinski definition) is 1. The number of carbonyl (C=O) groups excluding carboxylic acids is 3. The van der Waals surface area contributed by atoms with Gasteiger partial charge in [0.25, 0.3) is 11.8 Å². The average molecular weight is 384 g/mol. The van der Waals surface area contributed by atoms with Gasteiger partial charge in [-0.25, -0.2) is 4.79 Å². The summed E-state index contributed by atoms with van der Waals surface area (Å²) in [5.41, 5.74) is 1.93. The second-order valence-corrected chi connectivity index (χ2v) is 6.30. The first-order valence-electron chi connectivity index (χ1n) is 8.79. The van der Waals surface area contributed by atoms with Crippen LogP contribution in [0, 0.1) is 0 Å². The molecule has 0 saturated carbocycles. The normalized spacial score (nSPS) is 10.1. The summed E-state index contributed by atoms with van der Waals surface area (Å²) in [5.74, 6) is -0.306. The van der Waals surface area contributed by atoms with Crippen molar-refractivity contribution in [3.63, 3.8) is 0 Å². The number of nitrogens with one attached hydrogen (secondary N) is 1. The molecule has 0 bridgehead atoms. The van der Waals surface area contributed by atoms with Crippen LogP contribution >= 0.6 is 0 Å². The third-order valence-electron chi connectivity index (χ3n) is 4.03. The summed E-state index contributed by atoms with van der Waals surface area (Å²) in [6.45, 7) is 0.361. The van der Waals surface area contributed by atoms with Gasteiger partial charge in [0.2, 0.25) is 0 Å². The Labute approximate surface area is 164 Å². The fourth-order valence-electron chi connectivity index (χ4n) is 2.35. The molecule has 0 aromatic heterocycles. The second-order valence-electron chi connectivity index (χ2n) is 6.30. The molecule has 7 nitrogen and oxygen atoms in total. The fraction of sp³-hybridized carbons (Fsp3) is 0.286. The van der Waals surface area contributed by atoms with Gasteiger partial charge in [0, 0.05) is 26.2 Å². The molecule has 0 heterocycles. The minimum absolute atomic E-state index is 0.0837. The predicted octanol–water partition coefficient (Wildman–Crippen LogP) is 1.91. The standard InChI is InChI=1S/C21H24N2O5/c1-23(2)19(24)14-28-18-6-4-5-17(13-18)20(25)22-12-11-15-7-9-16(10-8-15)21(26)27-3/h4-10,13H,11-12,14H2,1-3H3,(H,22,25). The summed E-state index contributed by atoms with van der Waals surface area (Å²) < 4.78 is 10.1. The number of esters is 1. The van der Waals surface area contributed by atoms with Gasteiger partial charge in [-0.3, -0.25) is 9.59 Å². The van der Waals surface area contributed by atoms with Crippen LogP contribution in [0.15, 0.2) is 48.5 Å². The van der Waals surface area contributed by atoms with Gasteiger partial charge in [0.15, 0.2) is 6.61 Å². The SMILES string of the molecule is COC(=O)c1ccc(CCNC(=O)c2cccc(OCC(=O)N(C)C)c2)cc1. The molecule has 28 heavy (non-hydrogen) atoms. The van der Waals surface area contributed by atoms with Crippen molar-refractivity contribution in [2.75, 3.05) is 34.4 Å². The molecule has 0 aliphatic carbocycles. The molecular formula is C21H24N2O5. The van der Waals surface area contributed by atoms with E-state index in [0.717, 1.165) is 5.56 Å². The van der Waals surface area contributed by atoms with Gasteiger partial charge >= 0.3 is 5.97 Å². The van der Waals surface area contributed by atoms with Crippen LogP contribution in [0.3, 0.4) is 0 Å². The van der Waals surface area contributed by atoms with Crippen molar-refractivity contribution in [2.45, 2.75) is 6.42 Å². The number of nitrogens with zero attached hydrogens (tertiary/aromatic N) is 1. The van der Waals surface area contributed by atoms with Crippen molar-refractivity contribution in [1.29, 1.82) is 0 Å². The summed E-state index contributed by atoms with van der Waals surface area (Å²) >= 11 is 0. The average Bonchev–Trinajstić information content (AvgIpc) is 2.71. The zero-order valence-corrected chi connectivity index (χ0v) is 16.2. The Kier molecular flexibility index (Phi) is 7.56. The number of amides is 2. The largest absolute Gasteiger partial charge is 0.484 e. The van der Waals surface area contributed by atoms with E-state index in [-0.39, 0.29) is 24.4 Å². The summed E-state index contributed by atoms with van der Waals surface area (Å²) in [7, 11) is 4.64. The van der Waals surface area contributed by atoms with Gasteiger partial charge in [-0.05, 0) is 42.3 Å². The molecule has 0 atom stereocenters. The highest BCUT2D eigenvalue weighted by atomic mass is 16.5. The van der Waals surface area contributed by atoms with Gasteiger partial charge in [-0.15, -0.1) is 0 Å². The Morgan fingerprint density at radius 2 is 1.71 bits per heavy atom. The van der Waals surface area contributed by atoms with Crippen molar-refractivity contribution in [1.82, 2.24) is 10.2 Å². The number of hydrogen-bond acceptors (Lipinski definition) is 5. The van der Waals surface area contributed by atoms with Crippen molar-refractivity contribution in [3.05, 3.63) is 65.2 Å². The Morgan fingerprint density at radius 3 is 2.36 bits per heavy atom. The molecule has 0 aliphatic rings. The number of carbonyl (C=O) groups is 3. The molecule has 0 radical (unpaired) electrons. The van der Waals surface area contributed by atoms with E-state index in [0.29, 0.717) is 29.8 Å². The van der Waals surface area contributed by atoms with E-state index in [2.05, 4.69) is 10.1 Å². The summed E-state index contributed by atoms with van der Waals surface area (Å²) in [4.78, 5) is 36.8. The molecule has 0 unspecified atom stereocenters. The van der Waals surface area contributed by atoms with E-state index in [4.69, 9.17) is 4.74 Å². The monoisotopic (exact) mass is 384 g/mol. The van der Waals surface area contributed by atoms with Crippen LogP contribution in [0.25, 0.3) is 0 Å². The molecule has 148 valence electrons. The number of methoxy groups -OCH3 is 1. The van der Waals surface area contributed by atoms with Crippen LogP contribution in [-0.4, -0.2) is 57.0 Å². The molecule has 0 saturated heterocycles. The van der Waals surface area contributed by atoms with E-state index in [1.165, 1.54) is 12.0 Å². The Morgan fingerprint density at radius 1 is 1.00 bits per heavy atom. The van der Waals surface area contributed by atoms with Crippen molar-refractivity contribution in [3.8, 4) is 5.75 Å². The Balaban J connectivity index is 1.85. The van der Waals surface area contributed by atoms with E-state index in [1.54, 1.807) is 50.5 Å². The van der Waals surface area contributed by atoms with Gasteiger partial charge in [0.1, 0.15) is 5.75 Å². The molecule has 7 heteroatoms. The van der Waals surface area contributed by atoms with E-state index in [1.807, 2.05) is 12.1 Å². The van der Waals surface area contributed by atoms with E-state index < -0.39 is 0 Å². The van der Waals surface area contributed by atoms with Crippen LogP contribution in [0.5, 0.6) is 5.75 Å². The fourth-order valence-corrected chi connectivity index (χ4v) is 2.35. The molecule has 0 spiro atoms. The molecule has 2 aromatic rings. The first-order chi connectivity index (χ1) is 13.4. The second kappa shape index (κ2) is 10.1. The maximum atomic E-state index is 12.3. The lowest BCUT2D eigenvalue weighted by Crippen LogP contribution is -2.28. The summed E-state index contributed by atoms with van der Waals surface area (Å²) in [6, 6.07) is 13.7. The van der Waals surface area contributed by atoms with E-state index >= 15 is 0 Å². The van der Waals surface area contributed by atoms with Crippen molar-refractivity contribution in [2.24, 2.45) is 0 Å². The molecule has 0 aliphatic heterocycles.